The maximum atomic E-state index is 12.5. The zero-order valence-electron chi connectivity index (χ0n) is 15.2. The molecule has 0 bridgehead atoms. The second-order valence-corrected chi connectivity index (χ2v) is 8.83. The van der Waals surface area contributed by atoms with Gasteiger partial charge in [0.1, 0.15) is 0 Å². The van der Waals surface area contributed by atoms with Gasteiger partial charge in [-0.05, 0) is 73.6 Å². The molecule has 5 atom stereocenters. The van der Waals surface area contributed by atoms with Crippen LogP contribution in [0.15, 0.2) is 24.3 Å². The van der Waals surface area contributed by atoms with Crippen LogP contribution in [0.4, 0.5) is 11.4 Å². The molecule has 5 rings (SSSR count). The van der Waals surface area contributed by atoms with Gasteiger partial charge in [-0.3, -0.25) is 9.59 Å². The summed E-state index contributed by atoms with van der Waals surface area (Å²) in [7, 11) is 0. The predicted octanol–water partition coefficient (Wildman–Crippen LogP) is 4.44. The summed E-state index contributed by atoms with van der Waals surface area (Å²) in [6.45, 7) is 0. The lowest BCUT2D eigenvalue weighted by molar-refractivity contribution is -0.118. The fourth-order valence-electron chi connectivity index (χ4n) is 5.85. The summed E-state index contributed by atoms with van der Waals surface area (Å²) in [5.41, 5.74) is 1.66. The Morgan fingerprint density at radius 2 is 0.923 bits per heavy atom. The van der Waals surface area contributed by atoms with Crippen LogP contribution in [0.25, 0.3) is 0 Å². The van der Waals surface area contributed by atoms with Crippen molar-refractivity contribution in [2.24, 2.45) is 35.5 Å². The molecule has 4 nitrogen and oxygen atoms in total. The van der Waals surface area contributed by atoms with Crippen LogP contribution < -0.4 is 10.6 Å². The smallest absolute Gasteiger partial charge is 0.228 e. The SMILES string of the molecule is O=C(Nc1ccc(NC(=O)C2[C@@H]3CCCC[C@@H]23)cc1)C1[C@H]2CCCC[C@@H]12. The molecule has 4 aliphatic rings. The monoisotopic (exact) mass is 352 g/mol. The molecule has 4 saturated carbocycles. The molecule has 1 aromatic carbocycles. The summed E-state index contributed by atoms with van der Waals surface area (Å²) in [5.74, 6) is 3.34. The Kier molecular flexibility index (Phi) is 4.02. The quantitative estimate of drug-likeness (QED) is 0.842. The number of carbonyl (C=O) groups is 2. The van der Waals surface area contributed by atoms with Crippen LogP contribution in [0.2, 0.25) is 0 Å². The Bertz CT molecular complexity index is 628. The molecular weight excluding hydrogens is 324 g/mol. The first kappa shape index (κ1) is 16.3. The number of hydrogen-bond donors (Lipinski definition) is 2. The van der Waals surface area contributed by atoms with Crippen molar-refractivity contribution < 1.29 is 9.59 Å². The second kappa shape index (κ2) is 6.40. The van der Waals surface area contributed by atoms with Crippen LogP contribution in [-0.4, -0.2) is 11.8 Å². The van der Waals surface area contributed by atoms with Crippen LogP contribution in [-0.2, 0) is 9.59 Å². The van der Waals surface area contributed by atoms with Crippen molar-refractivity contribution in [3.05, 3.63) is 24.3 Å². The zero-order valence-corrected chi connectivity index (χ0v) is 15.2. The summed E-state index contributed by atoms with van der Waals surface area (Å²) in [5, 5.41) is 6.13. The Labute approximate surface area is 155 Å². The maximum absolute atomic E-state index is 12.5. The lowest BCUT2D eigenvalue weighted by Gasteiger charge is -2.08. The van der Waals surface area contributed by atoms with Crippen molar-refractivity contribution in [1.82, 2.24) is 0 Å². The number of fused-ring (bicyclic) bond motifs is 2. The van der Waals surface area contributed by atoms with E-state index in [2.05, 4.69) is 10.6 Å². The fourth-order valence-corrected chi connectivity index (χ4v) is 5.85. The van der Waals surface area contributed by atoms with Gasteiger partial charge >= 0.3 is 0 Å². The molecular formula is C22H28N2O2. The number of rotatable bonds is 4. The maximum Gasteiger partial charge on any atom is 0.228 e. The predicted molar refractivity (Wildman–Crippen MR) is 102 cm³/mol. The number of hydrogen-bond acceptors (Lipinski definition) is 2. The van der Waals surface area contributed by atoms with Gasteiger partial charge in [-0.25, -0.2) is 0 Å². The lowest BCUT2D eigenvalue weighted by atomic mass is 10.0. The van der Waals surface area contributed by atoms with Crippen molar-refractivity contribution in [2.75, 3.05) is 10.6 Å². The minimum Gasteiger partial charge on any atom is -0.326 e. The van der Waals surface area contributed by atoms with Crippen LogP contribution in [0.5, 0.6) is 0 Å². The summed E-state index contributed by atoms with van der Waals surface area (Å²) in [6.07, 6.45) is 10.00. The highest BCUT2D eigenvalue weighted by molar-refractivity contribution is 5.96. The summed E-state index contributed by atoms with van der Waals surface area (Å²) in [6, 6.07) is 7.61. The highest BCUT2D eigenvalue weighted by Crippen LogP contribution is 2.56. The van der Waals surface area contributed by atoms with Gasteiger partial charge in [0.15, 0.2) is 0 Å². The largest absolute Gasteiger partial charge is 0.326 e. The van der Waals surface area contributed by atoms with E-state index in [-0.39, 0.29) is 23.7 Å². The third-order valence-corrected chi connectivity index (χ3v) is 7.34. The molecule has 0 spiro atoms. The van der Waals surface area contributed by atoms with Crippen molar-refractivity contribution in [3.63, 3.8) is 0 Å². The van der Waals surface area contributed by atoms with Crippen molar-refractivity contribution in [3.8, 4) is 0 Å². The molecule has 0 radical (unpaired) electrons. The number of amides is 2. The first-order chi connectivity index (χ1) is 12.7. The van der Waals surface area contributed by atoms with Gasteiger partial charge in [-0.2, -0.15) is 0 Å². The Hall–Kier alpha value is -1.84. The Balaban J connectivity index is 1.15. The first-order valence-corrected chi connectivity index (χ1v) is 10.4. The molecule has 0 aliphatic heterocycles. The minimum absolute atomic E-state index is 0.181. The lowest BCUT2D eigenvalue weighted by Crippen LogP contribution is -2.16. The highest BCUT2D eigenvalue weighted by Gasteiger charge is 2.55. The molecule has 2 amide bonds. The molecule has 1 unspecified atom stereocenters. The second-order valence-electron chi connectivity index (χ2n) is 8.83. The van der Waals surface area contributed by atoms with Crippen molar-refractivity contribution >= 4 is 23.2 Å². The van der Waals surface area contributed by atoms with Crippen LogP contribution >= 0.6 is 0 Å². The van der Waals surface area contributed by atoms with Crippen molar-refractivity contribution in [2.45, 2.75) is 51.4 Å². The number of carbonyl (C=O) groups excluding carboxylic acids is 2. The van der Waals surface area contributed by atoms with E-state index in [9.17, 15) is 9.59 Å². The van der Waals surface area contributed by atoms with E-state index >= 15 is 0 Å². The molecule has 2 N–H and O–H groups in total. The topological polar surface area (TPSA) is 58.2 Å². The fraction of sp³-hybridized carbons (Fsp3) is 0.636. The molecule has 4 fully saturated rings. The summed E-state index contributed by atoms with van der Waals surface area (Å²) < 4.78 is 0. The van der Waals surface area contributed by atoms with Crippen LogP contribution in [0, 0.1) is 35.5 Å². The van der Waals surface area contributed by atoms with Gasteiger partial charge in [0.25, 0.3) is 0 Å². The van der Waals surface area contributed by atoms with Gasteiger partial charge < -0.3 is 10.6 Å². The third kappa shape index (κ3) is 2.93. The van der Waals surface area contributed by atoms with Gasteiger partial charge in [0, 0.05) is 23.2 Å². The van der Waals surface area contributed by atoms with Crippen molar-refractivity contribution in [1.29, 1.82) is 0 Å². The first-order valence-electron chi connectivity index (χ1n) is 10.4. The van der Waals surface area contributed by atoms with Crippen LogP contribution in [0.1, 0.15) is 51.4 Å². The molecule has 4 aliphatic carbocycles. The van der Waals surface area contributed by atoms with E-state index in [0.29, 0.717) is 23.7 Å². The number of benzene rings is 1. The van der Waals surface area contributed by atoms with Gasteiger partial charge in [-0.1, -0.05) is 25.7 Å². The molecule has 0 aromatic heterocycles. The molecule has 0 saturated heterocycles. The normalized spacial score (nSPS) is 37.1. The third-order valence-electron chi connectivity index (χ3n) is 7.34. The van der Waals surface area contributed by atoms with Crippen LogP contribution in [0.3, 0.4) is 0 Å². The van der Waals surface area contributed by atoms with E-state index in [1.165, 1.54) is 51.4 Å². The van der Waals surface area contributed by atoms with E-state index in [0.717, 1.165) is 11.4 Å². The molecule has 26 heavy (non-hydrogen) atoms. The van der Waals surface area contributed by atoms with E-state index in [1.54, 1.807) is 0 Å². The van der Waals surface area contributed by atoms with Gasteiger partial charge in [0.05, 0.1) is 0 Å². The minimum atomic E-state index is 0.181. The van der Waals surface area contributed by atoms with E-state index in [4.69, 9.17) is 0 Å². The van der Waals surface area contributed by atoms with Gasteiger partial charge in [0.2, 0.25) is 11.8 Å². The average molecular weight is 352 g/mol. The summed E-state index contributed by atoms with van der Waals surface area (Å²) in [4.78, 5) is 24.9. The standard InChI is InChI=1S/C22H28N2O2/c25-21(19-15-5-1-2-6-16(15)19)23-13-9-11-14(12-10-13)24-22(26)20-17-7-3-4-8-18(17)20/h9-12,15-20H,1-8H2,(H,23,25)(H,24,26)/t15-,16-,17-,18+,20?/m1/s1. The van der Waals surface area contributed by atoms with E-state index in [1.807, 2.05) is 24.3 Å². The zero-order chi connectivity index (χ0) is 17.7. The number of nitrogens with one attached hydrogen (secondary N) is 2. The van der Waals surface area contributed by atoms with Gasteiger partial charge in [-0.15, -0.1) is 0 Å². The highest BCUT2D eigenvalue weighted by atomic mass is 16.2. The van der Waals surface area contributed by atoms with E-state index < -0.39 is 0 Å². The summed E-state index contributed by atoms with van der Waals surface area (Å²) >= 11 is 0. The number of anilines is 2. The average Bonchev–Trinajstić information content (AvgIpc) is 3.55. The Morgan fingerprint density at radius 1 is 0.615 bits per heavy atom. The molecule has 4 heteroatoms. The molecule has 1 aromatic rings. The molecule has 0 heterocycles. The Morgan fingerprint density at radius 3 is 1.23 bits per heavy atom. The molecule has 138 valence electrons.